The van der Waals surface area contributed by atoms with Crippen LogP contribution in [0.5, 0.6) is 0 Å². The van der Waals surface area contributed by atoms with Crippen LogP contribution in [-0.2, 0) is 16.4 Å². The lowest BCUT2D eigenvalue weighted by Gasteiger charge is -2.26. The van der Waals surface area contributed by atoms with Gasteiger partial charge in [0.1, 0.15) is 0 Å². The van der Waals surface area contributed by atoms with E-state index < -0.39 is 10.0 Å². The van der Waals surface area contributed by atoms with Gasteiger partial charge >= 0.3 is 6.03 Å². The molecular weight excluding hydrogens is 414 g/mol. The molecule has 4 rings (SSSR count). The number of sulfonamides is 1. The predicted octanol–water partition coefficient (Wildman–Crippen LogP) is 2.62. The molecule has 2 aromatic carbocycles. The molecule has 9 heteroatoms. The molecule has 3 N–H and O–H groups in total. The molecule has 0 aliphatic carbocycles. The Bertz CT molecular complexity index is 1140. The minimum absolute atomic E-state index is 0.0134. The highest BCUT2D eigenvalue weighted by Gasteiger charge is 2.36. The molecule has 0 spiro atoms. The SMILES string of the molecule is CC(C)(C)NC(=O)N1CCc2cc(S(=O)(=O)N3CC(c4ccccc4)N=C3N)ccc21. The number of benzene rings is 2. The molecule has 1 unspecified atom stereocenters. The molecule has 0 bridgehead atoms. The summed E-state index contributed by atoms with van der Waals surface area (Å²) in [5.41, 5.74) is 8.10. The number of urea groups is 1. The van der Waals surface area contributed by atoms with Crippen molar-refractivity contribution in [2.24, 2.45) is 10.7 Å². The number of hydrogen-bond acceptors (Lipinski definition) is 5. The van der Waals surface area contributed by atoms with Crippen molar-refractivity contribution in [3.8, 4) is 0 Å². The van der Waals surface area contributed by atoms with Crippen LogP contribution in [0.3, 0.4) is 0 Å². The first-order valence-electron chi connectivity index (χ1n) is 10.2. The Labute approximate surface area is 182 Å². The number of nitrogens with zero attached hydrogens (tertiary/aromatic N) is 3. The number of aliphatic imine (C=N–C) groups is 1. The Kier molecular flexibility index (Phi) is 5.17. The van der Waals surface area contributed by atoms with Crippen molar-refractivity contribution in [3.05, 3.63) is 59.7 Å². The third-order valence-corrected chi connectivity index (χ3v) is 7.09. The third-order valence-electron chi connectivity index (χ3n) is 5.33. The molecule has 31 heavy (non-hydrogen) atoms. The van der Waals surface area contributed by atoms with Crippen LogP contribution in [0, 0.1) is 0 Å². The number of nitrogens with one attached hydrogen (secondary N) is 1. The second-order valence-electron chi connectivity index (χ2n) is 8.82. The highest BCUT2D eigenvalue weighted by atomic mass is 32.2. The van der Waals surface area contributed by atoms with Crippen molar-refractivity contribution in [3.63, 3.8) is 0 Å². The van der Waals surface area contributed by atoms with Gasteiger partial charge in [0.2, 0.25) is 5.96 Å². The van der Waals surface area contributed by atoms with Crippen LogP contribution >= 0.6 is 0 Å². The normalized spacial score (nSPS) is 18.7. The van der Waals surface area contributed by atoms with E-state index >= 15 is 0 Å². The van der Waals surface area contributed by atoms with Crippen LogP contribution in [0.1, 0.15) is 37.9 Å². The molecule has 0 fully saturated rings. The summed E-state index contributed by atoms with van der Waals surface area (Å²) in [7, 11) is -3.86. The molecule has 0 aromatic heterocycles. The summed E-state index contributed by atoms with van der Waals surface area (Å²) in [4.78, 5) is 18.7. The minimum Gasteiger partial charge on any atom is -0.369 e. The molecule has 2 aliphatic rings. The summed E-state index contributed by atoms with van der Waals surface area (Å²) in [5, 5.41) is 2.95. The van der Waals surface area contributed by atoms with Gasteiger partial charge < -0.3 is 11.1 Å². The standard InChI is InChI=1S/C22H27N5O3S/c1-22(2,3)25-21(28)26-12-11-16-13-17(9-10-19(16)26)31(29,30)27-14-18(24-20(27)23)15-7-5-4-6-8-15/h4-10,13,18H,11-12,14H2,1-3H3,(H2,23,24)(H,25,28). The lowest BCUT2D eigenvalue weighted by molar-refractivity contribution is 0.238. The van der Waals surface area contributed by atoms with Gasteiger partial charge in [-0.15, -0.1) is 0 Å². The molecule has 2 aliphatic heterocycles. The van der Waals surface area contributed by atoms with E-state index in [1.165, 1.54) is 6.07 Å². The lowest BCUT2D eigenvalue weighted by Crippen LogP contribution is -2.48. The molecule has 2 amide bonds. The zero-order valence-corrected chi connectivity index (χ0v) is 18.7. The Morgan fingerprint density at radius 1 is 1.16 bits per heavy atom. The summed E-state index contributed by atoms with van der Waals surface area (Å²) < 4.78 is 27.8. The Morgan fingerprint density at radius 3 is 2.55 bits per heavy atom. The van der Waals surface area contributed by atoms with E-state index in [-0.39, 0.29) is 35.0 Å². The van der Waals surface area contributed by atoms with Crippen LogP contribution < -0.4 is 16.0 Å². The van der Waals surface area contributed by atoms with Crippen molar-refractivity contribution >= 4 is 27.7 Å². The Balaban J connectivity index is 1.57. The number of anilines is 1. The number of carbonyl (C=O) groups excluding carboxylic acids is 1. The number of fused-ring (bicyclic) bond motifs is 1. The largest absolute Gasteiger partial charge is 0.369 e. The average molecular weight is 442 g/mol. The zero-order chi connectivity index (χ0) is 22.4. The van der Waals surface area contributed by atoms with Crippen molar-refractivity contribution in [2.45, 2.75) is 43.7 Å². The van der Waals surface area contributed by atoms with E-state index in [0.717, 1.165) is 21.1 Å². The quantitative estimate of drug-likeness (QED) is 0.763. The molecule has 2 heterocycles. The summed E-state index contributed by atoms with van der Waals surface area (Å²) in [5.74, 6) is -0.0134. The second-order valence-corrected chi connectivity index (χ2v) is 10.7. The van der Waals surface area contributed by atoms with E-state index in [4.69, 9.17) is 5.73 Å². The van der Waals surface area contributed by atoms with Crippen molar-refractivity contribution < 1.29 is 13.2 Å². The maximum absolute atomic E-state index is 13.3. The average Bonchev–Trinajstić information content (AvgIpc) is 3.31. The molecule has 8 nitrogen and oxygen atoms in total. The predicted molar refractivity (Wildman–Crippen MR) is 120 cm³/mol. The van der Waals surface area contributed by atoms with E-state index in [1.807, 2.05) is 51.1 Å². The van der Waals surface area contributed by atoms with Gasteiger partial charge in [-0.3, -0.25) is 4.90 Å². The number of hydrogen-bond donors (Lipinski definition) is 2. The molecule has 0 saturated heterocycles. The van der Waals surface area contributed by atoms with Gasteiger partial charge in [-0.05, 0) is 56.5 Å². The maximum Gasteiger partial charge on any atom is 0.322 e. The molecule has 0 radical (unpaired) electrons. The number of carbonyl (C=O) groups is 1. The third kappa shape index (κ3) is 4.10. The summed E-state index contributed by atoms with van der Waals surface area (Å²) in [6.07, 6.45) is 0.590. The van der Waals surface area contributed by atoms with Gasteiger partial charge in [-0.25, -0.2) is 22.5 Å². The summed E-state index contributed by atoms with van der Waals surface area (Å²) in [6.45, 7) is 6.42. The fourth-order valence-corrected chi connectivity index (χ4v) is 5.27. The monoisotopic (exact) mass is 441 g/mol. The first-order valence-corrected chi connectivity index (χ1v) is 11.6. The van der Waals surface area contributed by atoms with Crippen LogP contribution in [0.15, 0.2) is 58.4 Å². The van der Waals surface area contributed by atoms with Crippen molar-refractivity contribution in [1.29, 1.82) is 0 Å². The highest BCUT2D eigenvalue weighted by Crippen LogP contribution is 2.33. The maximum atomic E-state index is 13.3. The van der Waals surface area contributed by atoms with Crippen LogP contribution in [0.2, 0.25) is 0 Å². The van der Waals surface area contributed by atoms with Crippen LogP contribution in [0.4, 0.5) is 10.5 Å². The number of nitrogens with two attached hydrogens (primary N) is 1. The Morgan fingerprint density at radius 2 is 1.87 bits per heavy atom. The summed E-state index contributed by atoms with van der Waals surface area (Å²) in [6, 6.07) is 13.8. The molecule has 1 atom stereocenters. The van der Waals surface area contributed by atoms with E-state index in [0.29, 0.717) is 13.0 Å². The van der Waals surface area contributed by atoms with Crippen LogP contribution in [0.25, 0.3) is 0 Å². The second kappa shape index (κ2) is 7.56. The van der Waals surface area contributed by atoms with E-state index in [1.54, 1.807) is 17.0 Å². The van der Waals surface area contributed by atoms with Gasteiger partial charge in [-0.1, -0.05) is 30.3 Å². The van der Waals surface area contributed by atoms with Gasteiger partial charge in [0.15, 0.2) is 0 Å². The smallest absolute Gasteiger partial charge is 0.322 e. The molecule has 164 valence electrons. The zero-order valence-electron chi connectivity index (χ0n) is 17.9. The molecule has 0 saturated carbocycles. The lowest BCUT2D eigenvalue weighted by atomic mass is 10.1. The van der Waals surface area contributed by atoms with E-state index in [2.05, 4.69) is 10.3 Å². The minimum atomic E-state index is -3.86. The fourth-order valence-electron chi connectivity index (χ4n) is 3.86. The van der Waals surface area contributed by atoms with Crippen LogP contribution in [-0.4, -0.2) is 43.3 Å². The first kappa shape index (κ1) is 21.2. The van der Waals surface area contributed by atoms with Crippen molar-refractivity contribution in [1.82, 2.24) is 9.62 Å². The fraction of sp³-hybridized carbons (Fsp3) is 0.364. The van der Waals surface area contributed by atoms with Crippen molar-refractivity contribution in [2.75, 3.05) is 18.0 Å². The number of rotatable bonds is 3. The van der Waals surface area contributed by atoms with Gasteiger partial charge in [0, 0.05) is 17.8 Å². The highest BCUT2D eigenvalue weighted by molar-refractivity contribution is 7.89. The first-order chi connectivity index (χ1) is 14.6. The van der Waals surface area contributed by atoms with Gasteiger partial charge in [-0.2, -0.15) is 0 Å². The summed E-state index contributed by atoms with van der Waals surface area (Å²) >= 11 is 0. The van der Waals surface area contributed by atoms with E-state index in [9.17, 15) is 13.2 Å². The molecular formula is C22H27N5O3S. The Hall–Kier alpha value is -3.07. The topological polar surface area (TPSA) is 108 Å². The van der Waals surface area contributed by atoms with Gasteiger partial charge in [0.25, 0.3) is 10.0 Å². The van der Waals surface area contributed by atoms with Gasteiger partial charge in [0.05, 0.1) is 17.5 Å². The molecule has 2 aromatic rings. The number of guanidine groups is 1. The number of amides is 2.